The molecule has 3 heteroatoms. The fourth-order valence-electron chi connectivity index (χ4n) is 5.81. The van der Waals surface area contributed by atoms with Crippen LogP contribution < -0.4 is 0 Å². The largest absolute Gasteiger partial charge is 0.354 e. The minimum absolute atomic E-state index is 0.938. The lowest BCUT2D eigenvalue weighted by Crippen LogP contribution is -1.87. The third-order valence-corrected chi connectivity index (χ3v) is 7.66. The lowest BCUT2D eigenvalue weighted by atomic mass is 9.94. The maximum Gasteiger partial charge on any atom is 0.0964 e. The number of aromatic amines is 1. The number of H-pyrrole nitrogens is 1. The first-order valence-electron chi connectivity index (χ1n) is 13.2. The molecule has 0 amide bonds. The van der Waals surface area contributed by atoms with Gasteiger partial charge in [0.1, 0.15) is 0 Å². The van der Waals surface area contributed by atoms with Crippen LogP contribution in [-0.4, -0.2) is 15.0 Å². The molecule has 0 bridgehead atoms. The summed E-state index contributed by atoms with van der Waals surface area (Å²) < 4.78 is 0. The van der Waals surface area contributed by atoms with Crippen LogP contribution in [0.25, 0.3) is 77.0 Å². The second-order valence-corrected chi connectivity index (χ2v) is 9.97. The summed E-state index contributed by atoms with van der Waals surface area (Å²) in [5.41, 5.74) is 10.0. The van der Waals surface area contributed by atoms with Gasteiger partial charge >= 0.3 is 0 Å². The van der Waals surface area contributed by atoms with Gasteiger partial charge in [0.05, 0.1) is 16.7 Å². The van der Waals surface area contributed by atoms with Crippen molar-refractivity contribution in [1.29, 1.82) is 0 Å². The Morgan fingerprint density at radius 1 is 0.487 bits per heavy atom. The van der Waals surface area contributed by atoms with Gasteiger partial charge in [-0.2, -0.15) is 0 Å². The SMILES string of the molecule is c1ccc(-c2[nH]c3ccc4cc(-c5cnc6c(ccc7cccnc76)c5)ccc4c3c2-c2ccccc2)cc1. The molecule has 0 saturated heterocycles. The van der Waals surface area contributed by atoms with E-state index in [4.69, 9.17) is 4.98 Å². The first kappa shape index (κ1) is 21.8. The van der Waals surface area contributed by atoms with E-state index in [2.05, 4.69) is 125 Å². The number of aromatic nitrogens is 3. The summed E-state index contributed by atoms with van der Waals surface area (Å²) in [6.07, 6.45) is 3.80. The predicted octanol–water partition coefficient (Wildman–Crippen LogP) is 9.42. The van der Waals surface area contributed by atoms with Crippen LogP contribution in [0, 0.1) is 0 Å². The number of nitrogens with one attached hydrogen (secondary N) is 1. The monoisotopic (exact) mass is 497 g/mol. The highest BCUT2D eigenvalue weighted by molar-refractivity contribution is 6.17. The van der Waals surface area contributed by atoms with Crippen LogP contribution in [0.2, 0.25) is 0 Å². The van der Waals surface area contributed by atoms with Crippen molar-refractivity contribution >= 4 is 43.5 Å². The molecule has 0 aliphatic rings. The number of hydrogen-bond acceptors (Lipinski definition) is 2. The second-order valence-electron chi connectivity index (χ2n) is 9.97. The van der Waals surface area contributed by atoms with Crippen molar-refractivity contribution in [2.24, 2.45) is 0 Å². The molecule has 8 rings (SSSR count). The molecule has 0 saturated carbocycles. The molecular formula is C36H23N3. The maximum atomic E-state index is 4.84. The van der Waals surface area contributed by atoms with Gasteiger partial charge in [-0.05, 0) is 51.7 Å². The molecule has 0 fully saturated rings. The van der Waals surface area contributed by atoms with E-state index < -0.39 is 0 Å². The van der Waals surface area contributed by atoms with Crippen LogP contribution in [0.5, 0.6) is 0 Å². The molecule has 0 aliphatic carbocycles. The number of nitrogens with zero attached hydrogens (tertiary/aromatic N) is 2. The minimum Gasteiger partial charge on any atom is -0.354 e. The quantitative estimate of drug-likeness (QED) is 0.247. The summed E-state index contributed by atoms with van der Waals surface area (Å²) >= 11 is 0. The summed E-state index contributed by atoms with van der Waals surface area (Å²) in [6.45, 7) is 0. The van der Waals surface area contributed by atoms with Crippen molar-refractivity contribution in [3.63, 3.8) is 0 Å². The van der Waals surface area contributed by atoms with Gasteiger partial charge in [-0.25, -0.2) is 0 Å². The highest BCUT2D eigenvalue weighted by Gasteiger charge is 2.17. The van der Waals surface area contributed by atoms with Crippen molar-refractivity contribution in [3.8, 4) is 33.5 Å². The van der Waals surface area contributed by atoms with Gasteiger partial charge in [0, 0.05) is 45.2 Å². The fraction of sp³-hybridized carbons (Fsp3) is 0. The number of fused-ring (bicyclic) bond motifs is 6. The molecule has 3 nitrogen and oxygen atoms in total. The van der Waals surface area contributed by atoms with Gasteiger partial charge < -0.3 is 4.98 Å². The van der Waals surface area contributed by atoms with Gasteiger partial charge in [0.2, 0.25) is 0 Å². The highest BCUT2D eigenvalue weighted by atomic mass is 14.7. The van der Waals surface area contributed by atoms with Gasteiger partial charge in [-0.1, -0.05) is 97.1 Å². The first-order chi connectivity index (χ1) is 19.3. The smallest absolute Gasteiger partial charge is 0.0964 e. The molecule has 3 heterocycles. The van der Waals surface area contributed by atoms with E-state index in [0.717, 1.165) is 44.1 Å². The molecule has 0 unspecified atom stereocenters. The Labute approximate surface area is 225 Å². The highest BCUT2D eigenvalue weighted by Crippen LogP contribution is 2.42. The van der Waals surface area contributed by atoms with Crippen molar-refractivity contribution < 1.29 is 0 Å². The van der Waals surface area contributed by atoms with E-state index in [-0.39, 0.29) is 0 Å². The van der Waals surface area contributed by atoms with Crippen molar-refractivity contribution in [2.75, 3.05) is 0 Å². The van der Waals surface area contributed by atoms with Crippen LogP contribution in [0.1, 0.15) is 0 Å². The molecule has 0 aliphatic heterocycles. The Morgan fingerprint density at radius 2 is 1.21 bits per heavy atom. The Kier molecular flexibility index (Phi) is 4.82. The Balaban J connectivity index is 1.33. The average molecular weight is 498 g/mol. The lowest BCUT2D eigenvalue weighted by molar-refractivity contribution is 1.37. The maximum absolute atomic E-state index is 4.84. The number of benzene rings is 5. The Hall–Kier alpha value is -5.28. The summed E-state index contributed by atoms with van der Waals surface area (Å²) in [6, 6.07) is 43.0. The number of hydrogen-bond donors (Lipinski definition) is 1. The zero-order valence-corrected chi connectivity index (χ0v) is 21.1. The van der Waals surface area contributed by atoms with E-state index in [9.17, 15) is 0 Å². The standard InChI is InChI=1S/C36H23N3/c1-3-8-23(9-4-1)32-33-30-17-15-26(20-27(30)16-18-31(33)39-34(32)24-10-5-2-6-11-24)29-21-28-14-13-25-12-7-19-37-35(25)36(28)38-22-29/h1-22,39H. The molecule has 0 radical (unpaired) electrons. The van der Waals surface area contributed by atoms with Gasteiger partial charge in [-0.15, -0.1) is 0 Å². The zero-order chi connectivity index (χ0) is 25.8. The summed E-state index contributed by atoms with van der Waals surface area (Å²) in [4.78, 5) is 13.1. The van der Waals surface area contributed by atoms with E-state index in [1.807, 2.05) is 18.5 Å². The molecular weight excluding hydrogens is 474 g/mol. The summed E-state index contributed by atoms with van der Waals surface area (Å²) in [7, 11) is 0. The molecule has 1 N–H and O–H groups in total. The van der Waals surface area contributed by atoms with Crippen LogP contribution in [0.4, 0.5) is 0 Å². The molecule has 5 aromatic carbocycles. The van der Waals surface area contributed by atoms with Crippen molar-refractivity contribution in [2.45, 2.75) is 0 Å². The summed E-state index contributed by atoms with van der Waals surface area (Å²) in [5.74, 6) is 0. The van der Waals surface area contributed by atoms with Crippen molar-refractivity contribution in [1.82, 2.24) is 15.0 Å². The van der Waals surface area contributed by atoms with Gasteiger partial charge in [0.25, 0.3) is 0 Å². The topological polar surface area (TPSA) is 41.6 Å². The van der Waals surface area contributed by atoms with Crippen molar-refractivity contribution in [3.05, 3.63) is 134 Å². The third-order valence-electron chi connectivity index (χ3n) is 7.66. The fourth-order valence-corrected chi connectivity index (χ4v) is 5.81. The molecule has 0 spiro atoms. The molecule has 0 atom stereocenters. The van der Waals surface area contributed by atoms with Crippen LogP contribution in [-0.2, 0) is 0 Å². The van der Waals surface area contributed by atoms with E-state index in [0.29, 0.717) is 0 Å². The van der Waals surface area contributed by atoms with Gasteiger partial charge in [0.15, 0.2) is 0 Å². The average Bonchev–Trinajstić information content (AvgIpc) is 3.41. The lowest BCUT2D eigenvalue weighted by Gasteiger charge is -2.09. The number of rotatable bonds is 3. The van der Waals surface area contributed by atoms with E-state index in [1.165, 1.54) is 32.8 Å². The second kappa shape index (κ2) is 8.64. The summed E-state index contributed by atoms with van der Waals surface area (Å²) in [5, 5.41) is 5.89. The predicted molar refractivity (Wildman–Crippen MR) is 163 cm³/mol. The minimum atomic E-state index is 0.938. The van der Waals surface area contributed by atoms with E-state index in [1.54, 1.807) is 0 Å². The molecule has 39 heavy (non-hydrogen) atoms. The Morgan fingerprint density at radius 3 is 2.05 bits per heavy atom. The normalized spacial score (nSPS) is 11.6. The zero-order valence-electron chi connectivity index (χ0n) is 21.1. The van der Waals surface area contributed by atoms with Crippen LogP contribution in [0.15, 0.2) is 134 Å². The van der Waals surface area contributed by atoms with Gasteiger partial charge in [-0.3, -0.25) is 9.97 Å². The van der Waals surface area contributed by atoms with E-state index >= 15 is 0 Å². The molecule has 3 aromatic heterocycles. The van der Waals surface area contributed by atoms with Crippen LogP contribution >= 0.6 is 0 Å². The van der Waals surface area contributed by atoms with Crippen LogP contribution in [0.3, 0.4) is 0 Å². The molecule has 182 valence electrons. The molecule has 8 aromatic rings. The first-order valence-corrected chi connectivity index (χ1v) is 13.2. The number of pyridine rings is 2. The third kappa shape index (κ3) is 3.52. The Bertz CT molecular complexity index is 2160.